The molecule has 1 fully saturated rings. The molecule has 2 N–H and O–H groups in total. The average Bonchev–Trinajstić information content (AvgIpc) is 2.70. The molecule has 0 radical (unpaired) electrons. The molecule has 1 atom stereocenters. The highest BCUT2D eigenvalue weighted by Crippen LogP contribution is 2.21. The van der Waals surface area contributed by atoms with Gasteiger partial charge in [0.05, 0.1) is 17.8 Å². The minimum absolute atomic E-state index is 0.123. The van der Waals surface area contributed by atoms with E-state index in [-0.39, 0.29) is 17.6 Å². The first-order chi connectivity index (χ1) is 13.6. The lowest BCUT2D eigenvalue weighted by Gasteiger charge is -2.34. The number of amides is 2. The summed E-state index contributed by atoms with van der Waals surface area (Å²) in [6, 6.07) is 12.9. The van der Waals surface area contributed by atoms with E-state index in [9.17, 15) is 14.0 Å². The van der Waals surface area contributed by atoms with Crippen LogP contribution in [-0.4, -0.2) is 35.8 Å². The monoisotopic (exact) mass is 383 g/mol. The van der Waals surface area contributed by atoms with Crippen molar-refractivity contribution in [1.82, 2.24) is 4.90 Å². The predicted octanol–water partition coefficient (Wildman–Crippen LogP) is 4.28. The molecule has 28 heavy (non-hydrogen) atoms. The first kappa shape index (κ1) is 20.0. The van der Waals surface area contributed by atoms with Crippen molar-refractivity contribution in [2.24, 2.45) is 0 Å². The van der Waals surface area contributed by atoms with Gasteiger partial charge in [-0.25, -0.2) is 4.39 Å². The quantitative estimate of drug-likeness (QED) is 0.783. The Labute approximate surface area is 164 Å². The van der Waals surface area contributed by atoms with Gasteiger partial charge in [0.1, 0.15) is 5.82 Å². The van der Waals surface area contributed by atoms with Crippen LogP contribution in [0.1, 0.15) is 43.0 Å². The van der Waals surface area contributed by atoms with Crippen molar-refractivity contribution >= 4 is 23.2 Å². The maximum atomic E-state index is 13.0. The van der Waals surface area contributed by atoms with Crippen LogP contribution < -0.4 is 10.6 Å². The molecule has 2 aromatic carbocycles. The highest BCUT2D eigenvalue weighted by atomic mass is 19.1. The number of carbonyl (C=O) groups excluding carboxylic acids is 2. The van der Waals surface area contributed by atoms with E-state index in [1.165, 1.54) is 30.7 Å². The molecule has 0 aromatic heterocycles. The smallest absolute Gasteiger partial charge is 0.257 e. The van der Waals surface area contributed by atoms with E-state index in [4.69, 9.17) is 0 Å². The lowest BCUT2D eigenvalue weighted by molar-refractivity contribution is -0.118. The van der Waals surface area contributed by atoms with Gasteiger partial charge < -0.3 is 10.6 Å². The number of piperidine rings is 1. The molecule has 1 saturated heterocycles. The van der Waals surface area contributed by atoms with E-state index in [0.29, 0.717) is 29.5 Å². The van der Waals surface area contributed by atoms with Crippen LogP contribution in [0.4, 0.5) is 15.8 Å². The summed E-state index contributed by atoms with van der Waals surface area (Å²) in [5, 5.41) is 5.61. The number of hydrogen-bond donors (Lipinski definition) is 2. The van der Waals surface area contributed by atoms with Crippen molar-refractivity contribution in [3.63, 3.8) is 0 Å². The SMILES string of the molecule is CCC1CCCCN1CC(=O)Nc1ccccc1C(=O)Nc1ccc(F)cc1. The Bertz CT molecular complexity index is 823. The van der Waals surface area contributed by atoms with Crippen LogP contribution in [0.5, 0.6) is 0 Å². The van der Waals surface area contributed by atoms with Crippen molar-refractivity contribution in [3.05, 3.63) is 59.9 Å². The van der Waals surface area contributed by atoms with Crippen LogP contribution in [0.25, 0.3) is 0 Å². The molecular formula is C22H26FN3O2. The summed E-state index contributed by atoms with van der Waals surface area (Å²) in [5.41, 5.74) is 1.33. The minimum atomic E-state index is -0.367. The molecule has 3 rings (SSSR count). The summed E-state index contributed by atoms with van der Waals surface area (Å²) in [7, 11) is 0. The van der Waals surface area contributed by atoms with Gasteiger partial charge in [0, 0.05) is 11.7 Å². The van der Waals surface area contributed by atoms with Crippen molar-refractivity contribution < 1.29 is 14.0 Å². The Balaban J connectivity index is 1.66. The zero-order valence-electron chi connectivity index (χ0n) is 16.1. The van der Waals surface area contributed by atoms with E-state index in [0.717, 1.165) is 25.8 Å². The third-order valence-corrected chi connectivity index (χ3v) is 5.11. The molecule has 6 heteroatoms. The molecule has 0 bridgehead atoms. The molecule has 1 heterocycles. The van der Waals surface area contributed by atoms with Crippen LogP contribution in [0, 0.1) is 5.82 Å². The van der Waals surface area contributed by atoms with Gasteiger partial charge in [-0.15, -0.1) is 0 Å². The van der Waals surface area contributed by atoms with Crippen LogP contribution in [0.2, 0.25) is 0 Å². The number of likely N-dealkylation sites (tertiary alicyclic amines) is 1. The number of nitrogens with zero attached hydrogens (tertiary/aromatic N) is 1. The predicted molar refractivity (Wildman–Crippen MR) is 109 cm³/mol. The van der Waals surface area contributed by atoms with Crippen molar-refractivity contribution in [3.8, 4) is 0 Å². The number of rotatable bonds is 6. The first-order valence-corrected chi connectivity index (χ1v) is 9.76. The molecule has 148 valence electrons. The van der Waals surface area contributed by atoms with Crippen molar-refractivity contribution in [2.75, 3.05) is 23.7 Å². The third-order valence-electron chi connectivity index (χ3n) is 5.11. The van der Waals surface area contributed by atoms with E-state index in [1.807, 2.05) is 0 Å². The molecule has 0 aliphatic carbocycles. The minimum Gasteiger partial charge on any atom is -0.324 e. The second-order valence-electron chi connectivity index (χ2n) is 7.08. The Kier molecular flexibility index (Phi) is 6.76. The summed E-state index contributed by atoms with van der Waals surface area (Å²) in [6.45, 7) is 3.40. The third kappa shape index (κ3) is 5.16. The number of anilines is 2. The topological polar surface area (TPSA) is 61.4 Å². The normalized spacial score (nSPS) is 17.1. The van der Waals surface area contributed by atoms with Crippen LogP contribution >= 0.6 is 0 Å². The van der Waals surface area contributed by atoms with Crippen LogP contribution in [0.15, 0.2) is 48.5 Å². The number of para-hydroxylation sites is 1. The van der Waals surface area contributed by atoms with E-state index >= 15 is 0 Å². The second-order valence-corrected chi connectivity index (χ2v) is 7.08. The van der Waals surface area contributed by atoms with Gasteiger partial charge >= 0.3 is 0 Å². The molecule has 2 aromatic rings. The molecule has 1 aliphatic heterocycles. The summed E-state index contributed by atoms with van der Waals surface area (Å²) in [6.07, 6.45) is 4.48. The van der Waals surface area contributed by atoms with Gasteiger partial charge in [-0.2, -0.15) is 0 Å². The Morgan fingerprint density at radius 1 is 1.07 bits per heavy atom. The molecule has 1 aliphatic rings. The molecule has 5 nitrogen and oxygen atoms in total. The standard InChI is InChI=1S/C22H26FN3O2/c1-2-18-7-5-6-14-26(18)15-21(27)25-20-9-4-3-8-19(20)22(28)24-17-12-10-16(23)11-13-17/h3-4,8-13,18H,2,5-7,14-15H2,1H3,(H,24,28)(H,25,27). The summed E-state index contributed by atoms with van der Waals surface area (Å²) in [5.74, 6) is -0.844. The Hall–Kier alpha value is -2.73. The fourth-order valence-corrected chi connectivity index (χ4v) is 3.63. The fraction of sp³-hybridized carbons (Fsp3) is 0.364. The van der Waals surface area contributed by atoms with Crippen molar-refractivity contribution in [1.29, 1.82) is 0 Å². The van der Waals surface area contributed by atoms with Gasteiger partial charge in [-0.3, -0.25) is 14.5 Å². The van der Waals surface area contributed by atoms with E-state index in [2.05, 4.69) is 22.5 Å². The fourth-order valence-electron chi connectivity index (χ4n) is 3.63. The van der Waals surface area contributed by atoms with Gasteiger partial charge in [-0.1, -0.05) is 25.5 Å². The number of carbonyl (C=O) groups is 2. The number of nitrogens with one attached hydrogen (secondary N) is 2. The van der Waals surface area contributed by atoms with Gasteiger partial charge in [0.15, 0.2) is 0 Å². The van der Waals surface area contributed by atoms with Gasteiger partial charge in [0.2, 0.25) is 5.91 Å². The van der Waals surface area contributed by atoms with Crippen LogP contribution in [0.3, 0.4) is 0 Å². The lowest BCUT2D eigenvalue weighted by Crippen LogP contribution is -2.43. The number of benzene rings is 2. The lowest BCUT2D eigenvalue weighted by atomic mass is 10.00. The summed E-state index contributed by atoms with van der Waals surface area (Å²) < 4.78 is 13.0. The molecule has 0 spiro atoms. The zero-order chi connectivity index (χ0) is 19.9. The highest BCUT2D eigenvalue weighted by molar-refractivity contribution is 6.10. The number of hydrogen-bond acceptors (Lipinski definition) is 3. The average molecular weight is 383 g/mol. The summed E-state index contributed by atoms with van der Waals surface area (Å²) >= 11 is 0. The van der Waals surface area contributed by atoms with Gasteiger partial charge in [-0.05, 0) is 62.2 Å². The maximum absolute atomic E-state index is 13.0. The maximum Gasteiger partial charge on any atom is 0.257 e. The van der Waals surface area contributed by atoms with Crippen molar-refractivity contribution in [2.45, 2.75) is 38.6 Å². The molecular weight excluding hydrogens is 357 g/mol. The van der Waals surface area contributed by atoms with Crippen LogP contribution in [-0.2, 0) is 4.79 Å². The molecule has 0 saturated carbocycles. The number of halogens is 1. The molecule has 1 unspecified atom stereocenters. The zero-order valence-corrected chi connectivity index (χ0v) is 16.1. The largest absolute Gasteiger partial charge is 0.324 e. The first-order valence-electron chi connectivity index (χ1n) is 9.76. The Morgan fingerprint density at radius 2 is 1.82 bits per heavy atom. The Morgan fingerprint density at radius 3 is 2.57 bits per heavy atom. The van der Waals surface area contributed by atoms with E-state index in [1.54, 1.807) is 24.3 Å². The van der Waals surface area contributed by atoms with Gasteiger partial charge in [0.25, 0.3) is 5.91 Å². The summed E-state index contributed by atoms with van der Waals surface area (Å²) in [4.78, 5) is 27.4. The highest BCUT2D eigenvalue weighted by Gasteiger charge is 2.23. The molecule has 2 amide bonds. The van der Waals surface area contributed by atoms with E-state index < -0.39 is 0 Å². The second kappa shape index (κ2) is 9.46.